The Kier molecular flexibility index (Phi) is 6.02. The van der Waals surface area contributed by atoms with Gasteiger partial charge in [0.25, 0.3) is 0 Å². The zero-order valence-electron chi connectivity index (χ0n) is 16.4. The molecule has 5 nitrogen and oxygen atoms in total. The van der Waals surface area contributed by atoms with Gasteiger partial charge in [0.1, 0.15) is 0 Å². The first-order valence-electron chi connectivity index (χ1n) is 10.0. The number of hydrogen-bond acceptors (Lipinski definition) is 4. The number of piperidine rings is 1. The van der Waals surface area contributed by atoms with E-state index >= 15 is 0 Å². The summed E-state index contributed by atoms with van der Waals surface area (Å²) in [5, 5.41) is 2.60. The Balaban J connectivity index is 1.52. The number of rotatable bonds is 4. The summed E-state index contributed by atoms with van der Waals surface area (Å²) < 4.78 is 27.6. The summed E-state index contributed by atoms with van der Waals surface area (Å²) in [5.41, 5.74) is 1.26. The molecule has 3 heterocycles. The van der Waals surface area contributed by atoms with Gasteiger partial charge in [-0.05, 0) is 67.0 Å². The zero-order valence-corrected chi connectivity index (χ0v) is 18.8. The van der Waals surface area contributed by atoms with Gasteiger partial charge in [0.2, 0.25) is 15.9 Å². The first-order chi connectivity index (χ1) is 13.9. The number of carbonyl (C=O) groups is 1. The van der Waals surface area contributed by atoms with Crippen molar-refractivity contribution in [3.63, 3.8) is 0 Å². The van der Waals surface area contributed by atoms with Crippen molar-refractivity contribution in [2.75, 3.05) is 19.6 Å². The monoisotopic (exact) mass is 452 g/mol. The summed E-state index contributed by atoms with van der Waals surface area (Å²) >= 11 is 7.66. The summed E-state index contributed by atoms with van der Waals surface area (Å²) in [6.07, 6.45) is 3.18. The van der Waals surface area contributed by atoms with Crippen LogP contribution < -0.4 is 0 Å². The highest BCUT2D eigenvalue weighted by Crippen LogP contribution is 2.37. The molecule has 2 unspecified atom stereocenters. The van der Waals surface area contributed by atoms with Gasteiger partial charge in [-0.1, -0.05) is 18.5 Å². The number of carbonyl (C=O) groups excluding carboxylic acids is 1. The third-order valence-electron chi connectivity index (χ3n) is 5.95. The van der Waals surface area contributed by atoms with Crippen LogP contribution in [0, 0.1) is 5.92 Å². The Hall–Kier alpha value is -1.41. The van der Waals surface area contributed by atoms with Gasteiger partial charge in [-0.2, -0.15) is 4.31 Å². The van der Waals surface area contributed by atoms with Crippen molar-refractivity contribution < 1.29 is 13.2 Å². The van der Waals surface area contributed by atoms with E-state index in [0.717, 1.165) is 19.3 Å². The molecule has 0 aliphatic carbocycles. The number of nitrogens with zero attached hydrogens (tertiary/aromatic N) is 2. The lowest BCUT2D eigenvalue weighted by atomic mass is 9.93. The molecule has 2 aromatic rings. The third-order valence-corrected chi connectivity index (χ3v) is 9.08. The molecule has 1 aromatic carbocycles. The molecule has 2 aliphatic rings. The third kappa shape index (κ3) is 3.98. The Bertz CT molecular complexity index is 988. The molecule has 1 aromatic heterocycles. The van der Waals surface area contributed by atoms with Crippen LogP contribution in [-0.4, -0.2) is 43.2 Å². The van der Waals surface area contributed by atoms with Crippen molar-refractivity contribution in [3.8, 4) is 0 Å². The van der Waals surface area contributed by atoms with Gasteiger partial charge < -0.3 is 4.90 Å². The number of halogens is 1. The van der Waals surface area contributed by atoms with Gasteiger partial charge in [0.05, 0.1) is 16.9 Å². The van der Waals surface area contributed by atoms with Crippen LogP contribution in [0.2, 0.25) is 5.02 Å². The van der Waals surface area contributed by atoms with Crippen LogP contribution in [-0.2, 0) is 21.2 Å². The summed E-state index contributed by atoms with van der Waals surface area (Å²) in [4.78, 5) is 17.0. The fourth-order valence-corrected chi connectivity index (χ4v) is 7.03. The Morgan fingerprint density at radius 2 is 1.97 bits per heavy atom. The zero-order chi connectivity index (χ0) is 20.6. The van der Waals surface area contributed by atoms with Crippen LogP contribution in [0.15, 0.2) is 40.6 Å². The Labute approximate surface area is 181 Å². The van der Waals surface area contributed by atoms with Crippen LogP contribution in [0.5, 0.6) is 0 Å². The maximum absolute atomic E-state index is 13.4. The van der Waals surface area contributed by atoms with Gasteiger partial charge in [0.15, 0.2) is 0 Å². The highest BCUT2D eigenvalue weighted by atomic mass is 35.5. The minimum Gasteiger partial charge on any atom is -0.335 e. The summed E-state index contributed by atoms with van der Waals surface area (Å²) in [5.74, 6) is -0.204. The van der Waals surface area contributed by atoms with E-state index in [1.54, 1.807) is 23.5 Å². The molecule has 0 bridgehead atoms. The normalized spacial score (nSPS) is 23.0. The second-order valence-corrected chi connectivity index (χ2v) is 11.0. The number of thiophene rings is 1. The van der Waals surface area contributed by atoms with E-state index in [9.17, 15) is 13.2 Å². The lowest BCUT2D eigenvalue weighted by Gasteiger charge is -2.40. The van der Waals surface area contributed by atoms with Gasteiger partial charge >= 0.3 is 0 Å². The lowest BCUT2D eigenvalue weighted by Crippen LogP contribution is -2.49. The second kappa shape index (κ2) is 8.38. The average Bonchev–Trinajstić information content (AvgIpc) is 3.22. The van der Waals surface area contributed by atoms with E-state index in [4.69, 9.17) is 11.6 Å². The SMILES string of the molecule is CCC1c2ccsc2CCN1C(=O)C1CCCN(S(=O)(=O)c2ccc(Cl)cc2)C1. The summed E-state index contributed by atoms with van der Waals surface area (Å²) in [6.45, 7) is 3.51. The number of sulfonamides is 1. The van der Waals surface area contributed by atoms with Crippen LogP contribution in [0.1, 0.15) is 42.7 Å². The van der Waals surface area contributed by atoms with E-state index in [1.807, 2.05) is 4.90 Å². The van der Waals surface area contributed by atoms with Crippen LogP contribution in [0.4, 0.5) is 0 Å². The molecule has 0 N–H and O–H groups in total. The van der Waals surface area contributed by atoms with Crippen LogP contribution in [0.3, 0.4) is 0 Å². The molecule has 0 spiro atoms. The molecule has 156 valence electrons. The highest BCUT2D eigenvalue weighted by molar-refractivity contribution is 7.89. The maximum atomic E-state index is 13.4. The minimum absolute atomic E-state index is 0.0877. The van der Waals surface area contributed by atoms with E-state index in [-0.39, 0.29) is 29.3 Å². The second-order valence-electron chi connectivity index (χ2n) is 7.66. The number of fused-ring (bicyclic) bond motifs is 1. The van der Waals surface area contributed by atoms with Gasteiger partial charge in [-0.25, -0.2) is 8.42 Å². The summed E-state index contributed by atoms with van der Waals surface area (Å²) in [7, 11) is -3.63. The van der Waals surface area contributed by atoms with Crippen molar-refractivity contribution in [3.05, 3.63) is 51.2 Å². The van der Waals surface area contributed by atoms with Crippen molar-refractivity contribution in [1.82, 2.24) is 9.21 Å². The molecule has 1 amide bonds. The highest BCUT2D eigenvalue weighted by Gasteiger charge is 2.38. The molecular formula is C21H25ClN2O3S2. The molecule has 0 radical (unpaired) electrons. The molecule has 8 heteroatoms. The molecule has 2 aliphatic heterocycles. The molecular weight excluding hydrogens is 428 g/mol. The van der Waals surface area contributed by atoms with E-state index in [2.05, 4.69) is 18.4 Å². The largest absolute Gasteiger partial charge is 0.335 e. The average molecular weight is 453 g/mol. The maximum Gasteiger partial charge on any atom is 0.243 e. The first-order valence-corrected chi connectivity index (χ1v) is 12.7. The molecule has 1 fully saturated rings. The molecule has 4 rings (SSSR count). The van der Waals surface area contributed by atoms with E-state index < -0.39 is 10.0 Å². The van der Waals surface area contributed by atoms with E-state index in [0.29, 0.717) is 24.5 Å². The van der Waals surface area contributed by atoms with Crippen LogP contribution in [0.25, 0.3) is 0 Å². The minimum atomic E-state index is -3.63. The van der Waals surface area contributed by atoms with Crippen molar-refractivity contribution in [1.29, 1.82) is 0 Å². The summed E-state index contributed by atoms with van der Waals surface area (Å²) in [6, 6.07) is 8.45. The fourth-order valence-electron chi connectivity index (χ4n) is 4.45. The van der Waals surface area contributed by atoms with Crippen molar-refractivity contribution >= 4 is 38.9 Å². The first kappa shape index (κ1) is 20.8. The Morgan fingerprint density at radius 3 is 2.69 bits per heavy atom. The number of amides is 1. The predicted molar refractivity (Wildman–Crippen MR) is 116 cm³/mol. The van der Waals surface area contributed by atoms with Gasteiger partial charge in [0, 0.05) is 29.5 Å². The standard InChI is InChI=1S/C21H25ClN2O3S2/c1-2-19-18-10-13-28-20(18)9-12-24(19)21(25)15-4-3-11-23(14-15)29(26,27)17-7-5-16(22)6-8-17/h5-8,10,13,15,19H,2-4,9,11-12,14H2,1H3. The predicted octanol–water partition coefficient (Wildman–Crippen LogP) is 4.34. The van der Waals surface area contributed by atoms with Crippen LogP contribution >= 0.6 is 22.9 Å². The number of benzene rings is 1. The lowest BCUT2D eigenvalue weighted by molar-refractivity contribution is -0.139. The smallest absolute Gasteiger partial charge is 0.243 e. The van der Waals surface area contributed by atoms with Gasteiger partial charge in [-0.3, -0.25) is 4.79 Å². The topological polar surface area (TPSA) is 57.7 Å². The molecule has 29 heavy (non-hydrogen) atoms. The van der Waals surface area contributed by atoms with Gasteiger partial charge in [-0.15, -0.1) is 11.3 Å². The molecule has 2 atom stereocenters. The Morgan fingerprint density at radius 1 is 1.21 bits per heavy atom. The fraction of sp³-hybridized carbons (Fsp3) is 0.476. The van der Waals surface area contributed by atoms with E-state index in [1.165, 1.54) is 26.9 Å². The quantitative estimate of drug-likeness (QED) is 0.693. The molecule has 1 saturated heterocycles. The van der Waals surface area contributed by atoms with Crippen molar-refractivity contribution in [2.45, 2.75) is 43.5 Å². The van der Waals surface area contributed by atoms with Crippen molar-refractivity contribution in [2.24, 2.45) is 5.92 Å². The number of hydrogen-bond donors (Lipinski definition) is 0. The molecule has 0 saturated carbocycles.